The summed E-state index contributed by atoms with van der Waals surface area (Å²) in [5.41, 5.74) is 1.05. The summed E-state index contributed by atoms with van der Waals surface area (Å²) in [5.74, 6) is -0.572. The second-order valence-corrected chi connectivity index (χ2v) is 5.10. The van der Waals surface area contributed by atoms with Crippen LogP contribution in [0.25, 0.3) is 0 Å². The number of carboxylic acid groups (broad SMARTS) is 1. The van der Waals surface area contributed by atoms with Gasteiger partial charge in [-0.2, -0.15) is 0 Å². The van der Waals surface area contributed by atoms with Crippen molar-refractivity contribution in [2.45, 2.75) is 31.7 Å². The molecule has 20 heavy (non-hydrogen) atoms. The first-order valence-electron chi connectivity index (χ1n) is 6.85. The van der Waals surface area contributed by atoms with Crippen molar-refractivity contribution < 1.29 is 19.4 Å². The van der Waals surface area contributed by atoms with Crippen LogP contribution in [-0.2, 0) is 16.0 Å². The topological polar surface area (TPSA) is 75.6 Å². The normalized spacial score (nSPS) is 15.4. The van der Waals surface area contributed by atoms with E-state index >= 15 is 0 Å². The summed E-state index contributed by atoms with van der Waals surface area (Å²) in [7, 11) is 0. The van der Waals surface area contributed by atoms with Crippen LogP contribution in [0.15, 0.2) is 30.3 Å². The molecule has 1 aromatic carbocycles. The van der Waals surface area contributed by atoms with E-state index in [0.29, 0.717) is 25.4 Å². The number of aliphatic carboxylic acids is 1. The fraction of sp³-hybridized carbons (Fsp3) is 0.467. The molecule has 1 aromatic rings. The van der Waals surface area contributed by atoms with Gasteiger partial charge in [0.05, 0.1) is 6.61 Å². The lowest BCUT2D eigenvalue weighted by atomic mass is 10.1. The molecule has 0 unspecified atom stereocenters. The Kier molecular flexibility index (Phi) is 4.98. The van der Waals surface area contributed by atoms with Crippen LogP contribution in [0, 0.1) is 5.92 Å². The Morgan fingerprint density at radius 3 is 2.60 bits per heavy atom. The third kappa shape index (κ3) is 4.91. The summed E-state index contributed by atoms with van der Waals surface area (Å²) in [5, 5.41) is 11.5. The number of benzene rings is 1. The lowest BCUT2D eigenvalue weighted by molar-refractivity contribution is -0.139. The fourth-order valence-corrected chi connectivity index (χ4v) is 1.88. The molecule has 1 aliphatic carbocycles. The maximum atomic E-state index is 11.5. The van der Waals surface area contributed by atoms with Gasteiger partial charge in [-0.25, -0.2) is 9.59 Å². The van der Waals surface area contributed by atoms with Crippen molar-refractivity contribution in [3.05, 3.63) is 35.9 Å². The number of ether oxygens (including phenoxy) is 1. The molecule has 0 aliphatic heterocycles. The number of carboxylic acids is 1. The molecule has 0 aromatic heterocycles. The predicted molar refractivity (Wildman–Crippen MR) is 73.4 cm³/mol. The van der Waals surface area contributed by atoms with E-state index in [4.69, 9.17) is 9.84 Å². The highest BCUT2D eigenvalue weighted by Crippen LogP contribution is 2.28. The van der Waals surface area contributed by atoms with E-state index in [1.165, 1.54) is 0 Å². The molecule has 0 radical (unpaired) electrons. The molecule has 1 saturated carbocycles. The number of hydrogen-bond donors (Lipinski definition) is 2. The third-order valence-electron chi connectivity index (χ3n) is 3.30. The summed E-state index contributed by atoms with van der Waals surface area (Å²) in [6.07, 6.45) is 2.48. The molecule has 1 atom stereocenters. The second kappa shape index (κ2) is 6.93. The minimum Gasteiger partial charge on any atom is -0.480 e. The molecule has 5 nitrogen and oxygen atoms in total. The van der Waals surface area contributed by atoms with Gasteiger partial charge in [0, 0.05) is 0 Å². The van der Waals surface area contributed by atoms with Gasteiger partial charge in [0.15, 0.2) is 0 Å². The highest BCUT2D eigenvalue weighted by molar-refractivity contribution is 5.79. The van der Waals surface area contributed by atoms with Gasteiger partial charge in [-0.05, 0) is 37.2 Å². The third-order valence-corrected chi connectivity index (χ3v) is 3.30. The number of alkyl carbamates (subject to hydrolysis) is 1. The minimum absolute atomic E-state index is 0.345. The van der Waals surface area contributed by atoms with Gasteiger partial charge in [0.1, 0.15) is 6.04 Å². The van der Waals surface area contributed by atoms with Crippen molar-refractivity contribution in [2.75, 3.05) is 6.61 Å². The Balaban J connectivity index is 1.77. The molecule has 0 spiro atoms. The zero-order valence-corrected chi connectivity index (χ0v) is 11.2. The van der Waals surface area contributed by atoms with Gasteiger partial charge in [-0.1, -0.05) is 30.3 Å². The molecule has 108 valence electrons. The molecule has 0 bridgehead atoms. The molecular formula is C15H19NO4. The van der Waals surface area contributed by atoms with Crippen LogP contribution < -0.4 is 5.32 Å². The molecule has 2 rings (SSSR count). The highest BCUT2D eigenvalue weighted by Gasteiger charge is 2.25. The minimum atomic E-state index is -1.04. The van der Waals surface area contributed by atoms with Crippen molar-refractivity contribution >= 4 is 12.1 Å². The van der Waals surface area contributed by atoms with Crippen molar-refractivity contribution in [3.63, 3.8) is 0 Å². The van der Waals surface area contributed by atoms with Crippen LogP contribution in [0.1, 0.15) is 24.8 Å². The first-order valence-corrected chi connectivity index (χ1v) is 6.85. The van der Waals surface area contributed by atoms with Crippen LogP contribution in [0.5, 0.6) is 0 Å². The maximum Gasteiger partial charge on any atom is 0.407 e. The van der Waals surface area contributed by atoms with Gasteiger partial charge >= 0.3 is 12.1 Å². The summed E-state index contributed by atoms with van der Waals surface area (Å²) in [6, 6.07) is 8.67. The van der Waals surface area contributed by atoms with Crippen molar-refractivity contribution in [2.24, 2.45) is 5.92 Å². The SMILES string of the molecule is O=C(N[C@H](CCc1ccccc1)C(=O)O)OCC1CC1. The Bertz CT molecular complexity index is 456. The monoisotopic (exact) mass is 277 g/mol. The van der Waals surface area contributed by atoms with Crippen molar-refractivity contribution in [1.29, 1.82) is 0 Å². The Morgan fingerprint density at radius 1 is 1.30 bits per heavy atom. The lowest BCUT2D eigenvalue weighted by Crippen LogP contribution is -2.41. The average Bonchev–Trinajstić information content (AvgIpc) is 3.26. The van der Waals surface area contributed by atoms with Gasteiger partial charge in [-0.15, -0.1) is 0 Å². The van der Waals surface area contributed by atoms with Gasteiger partial charge in [0.2, 0.25) is 0 Å². The number of carbonyl (C=O) groups excluding carboxylic acids is 1. The summed E-state index contributed by atoms with van der Waals surface area (Å²) in [4.78, 5) is 22.6. The number of carbonyl (C=O) groups is 2. The quantitative estimate of drug-likeness (QED) is 0.801. The van der Waals surface area contributed by atoms with E-state index in [1.807, 2.05) is 30.3 Å². The van der Waals surface area contributed by atoms with E-state index in [2.05, 4.69) is 5.32 Å². The fourth-order valence-electron chi connectivity index (χ4n) is 1.88. The number of nitrogens with one attached hydrogen (secondary N) is 1. The predicted octanol–water partition coefficient (Wildman–Crippen LogP) is 2.21. The molecule has 1 fully saturated rings. The molecular weight excluding hydrogens is 258 g/mol. The first-order chi connectivity index (χ1) is 9.65. The number of hydrogen-bond acceptors (Lipinski definition) is 3. The van der Waals surface area contributed by atoms with Gasteiger partial charge < -0.3 is 15.2 Å². The lowest BCUT2D eigenvalue weighted by Gasteiger charge is -2.14. The van der Waals surface area contributed by atoms with E-state index in [-0.39, 0.29) is 0 Å². The highest BCUT2D eigenvalue weighted by atomic mass is 16.5. The number of amides is 1. The van der Waals surface area contributed by atoms with E-state index in [9.17, 15) is 9.59 Å². The van der Waals surface area contributed by atoms with E-state index in [0.717, 1.165) is 18.4 Å². The van der Waals surface area contributed by atoms with Gasteiger partial charge in [-0.3, -0.25) is 0 Å². The van der Waals surface area contributed by atoms with Crippen LogP contribution in [-0.4, -0.2) is 29.8 Å². The Labute approximate surface area is 117 Å². The zero-order chi connectivity index (χ0) is 14.4. The Morgan fingerprint density at radius 2 is 2.00 bits per heavy atom. The first kappa shape index (κ1) is 14.4. The molecule has 5 heteroatoms. The molecule has 0 heterocycles. The standard InChI is InChI=1S/C15H19NO4/c17-14(18)13(9-8-11-4-2-1-3-5-11)16-15(19)20-10-12-6-7-12/h1-5,12-13H,6-10H2,(H,16,19)(H,17,18)/t13-/m1/s1. The van der Waals surface area contributed by atoms with Crippen molar-refractivity contribution in [3.8, 4) is 0 Å². The van der Waals surface area contributed by atoms with Crippen molar-refractivity contribution in [1.82, 2.24) is 5.32 Å². The summed E-state index contributed by atoms with van der Waals surface area (Å²) >= 11 is 0. The van der Waals surface area contributed by atoms with Gasteiger partial charge in [0.25, 0.3) is 0 Å². The van der Waals surface area contributed by atoms with Crippen LogP contribution in [0.3, 0.4) is 0 Å². The Hall–Kier alpha value is -2.04. The maximum absolute atomic E-state index is 11.5. The molecule has 2 N–H and O–H groups in total. The second-order valence-electron chi connectivity index (χ2n) is 5.10. The zero-order valence-electron chi connectivity index (χ0n) is 11.2. The number of aryl methyl sites for hydroxylation is 1. The molecule has 1 amide bonds. The van der Waals surface area contributed by atoms with Crippen LogP contribution in [0.4, 0.5) is 4.79 Å². The largest absolute Gasteiger partial charge is 0.480 e. The summed E-state index contributed by atoms with van der Waals surface area (Å²) in [6.45, 7) is 0.386. The van der Waals surface area contributed by atoms with Crippen LogP contribution in [0.2, 0.25) is 0 Å². The number of rotatable bonds is 7. The smallest absolute Gasteiger partial charge is 0.407 e. The summed E-state index contributed by atoms with van der Waals surface area (Å²) < 4.78 is 4.99. The molecule has 0 saturated heterocycles. The average molecular weight is 277 g/mol. The molecule has 1 aliphatic rings. The van der Waals surface area contributed by atoms with Crippen LogP contribution >= 0.6 is 0 Å². The van der Waals surface area contributed by atoms with E-state index < -0.39 is 18.1 Å². The van der Waals surface area contributed by atoms with E-state index in [1.54, 1.807) is 0 Å².